The summed E-state index contributed by atoms with van der Waals surface area (Å²) in [5.41, 5.74) is 0. The molecule has 0 N–H and O–H groups in total. The Bertz CT molecular complexity index is 361. The fourth-order valence-corrected chi connectivity index (χ4v) is 3.34. The highest BCUT2D eigenvalue weighted by Crippen LogP contribution is 2.35. The molecule has 100 valence electrons. The normalized spacial score (nSPS) is 29.8. The van der Waals surface area contributed by atoms with Gasteiger partial charge >= 0.3 is 6.03 Å². The molecule has 4 heteroatoms. The van der Waals surface area contributed by atoms with Crippen molar-refractivity contribution < 1.29 is 9.59 Å². The predicted molar refractivity (Wildman–Crippen MR) is 70.0 cm³/mol. The first-order chi connectivity index (χ1) is 8.57. The van der Waals surface area contributed by atoms with E-state index in [1.165, 1.54) is 30.2 Å². The molecular weight excluding hydrogens is 228 g/mol. The molecule has 1 aliphatic heterocycles. The number of hydrogen-bond acceptors (Lipinski definition) is 2. The van der Waals surface area contributed by atoms with Crippen molar-refractivity contribution in [3.63, 3.8) is 0 Å². The van der Waals surface area contributed by atoms with Crippen LogP contribution in [0.5, 0.6) is 0 Å². The number of likely N-dealkylation sites (N-methyl/N-ethyl adjacent to an activating group) is 1. The van der Waals surface area contributed by atoms with Crippen LogP contribution in [-0.4, -0.2) is 40.9 Å². The number of amides is 3. The van der Waals surface area contributed by atoms with Gasteiger partial charge in [0.25, 0.3) is 5.91 Å². The summed E-state index contributed by atoms with van der Waals surface area (Å²) in [6, 6.07) is -0.0548. The van der Waals surface area contributed by atoms with Gasteiger partial charge in [-0.05, 0) is 31.8 Å². The van der Waals surface area contributed by atoms with Crippen molar-refractivity contribution in [2.75, 3.05) is 7.05 Å². The Balaban J connectivity index is 2.25. The van der Waals surface area contributed by atoms with E-state index in [9.17, 15) is 9.59 Å². The highest BCUT2D eigenvalue weighted by Gasteiger charge is 2.47. The molecule has 3 amide bonds. The highest BCUT2D eigenvalue weighted by molar-refractivity contribution is 6.01. The van der Waals surface area contributed by atoms with E-state index in [2.05, 4.69) is 6.58 Å². The third-order valence-corrected chi connectivity index (χ3v) is 4.46. The van der Waals surface area contributed by atoms with Gasteiger partial charge in [-0.25, -0.2) is 4.79 Å². The molecule has 0 radical (unpaired) electrons. The summed E-state index contributed by atoms with van der Waals surface area (Å²) in [6.07, 6.45) is 7.19. The van der Waals surface area contributed by atoms with E-state index in [4.69, 9.17) is 0 Å². The molecule has 0 aromatic rings. The summed E-state index contributed by atoms with van der Waals surface area (Å²) < 4.78 is 0. The fraction of sp³-hybridized carbons (Fsp3) is 0.714. The molecule has 2 aliphatic rings. The van der Waals surface area contributed by atoms with Crippen molar-refractivity contribution in [3.8, 4) is 0 Å². The molecule has 1 aliphatic carbocycles. The van der Waals surface area contributed by atoms with Crippen molar-refractivity contribution >= 4 is 11.9 Å². The van der Waals surface area contributed by atoms with Gasteiger partial charge in [0.1, 0.15) is 0 Å². The predicted octanol–water partition coefficient (Wildman–Crippen LogP) is 2.40. The minimum Gasteiger partial charge on any atom is -0.323 e. The van der Waals surface area contributed by atoms with Crippen LogP contribution < -0.4 is 0 Å². The van der Waals surface area contributed by atoms with Crippen molar-refractivity contribution in [1.82, 2.24) is 9.80 Å². The smallest absolute Gasteiger partial charge is 0.323 e. The number of nitrogens with zero attached hydrogens (tertiary/aromatic N) is 2. The lowest BCUT2D eigenvalue weighted by Crippen LogP contribution is -2.45. The average molecular weight is 250 g/mol. The standard InChI is InChI=1S/C14H22N2O2/c1-4-12(17)16-13(10(2)15(3)14(16)18)11-8-6-5-7-9-11/h4,10-11,13H,1,5-9H2,2-3H3/t10-,13-/m0/s1. The van der Waals surface area contributed by atoms with E-state index >= 15 is 0 Å². The number of hydrogen-bond donors (Lipinski definition) is 0. The third kappa shape index (κ3) is 2.04. The molecule has 1 saturated heterocycles. The molecule has 1 heterocycles. The monoisotopic (exact) mass is 250 g/mol. The van der Waals surface area contributed by atoms with E-state index < -0.39 is 0 Å². The van der Waals surface area contributed by atoms with Crippen molar-refractivity contribution in [3.05, 3.63) is 12.7 Å². The number of rotatable bonds is 2. The largest absolute Gasteiger partial charge is 0.327 e. The molecule has 2 atom stereocenters. The Morgan fingerprint density at radius 1 is 1.33 bits per heavy atom. The topological polar surface area (TPSA) is 40.6 Å². The zero-order valence-electron chi connectivity index (χ0n) is 11.3. The minimum atomic E-state index is -0.258. The van der Waals surface area contributed by atoms with Crippen molar-refractivity contribution in [2.45, 2.75) is 51.1 Å². The highest BCUT2D eigenvalue weighted by atomic mass is 16.2. The van der Waals surface area contributed by atoms with Gasteiger partial charge in [-0.1, -0.05) is 25.8 Å². The van der Waals surface area contributed by atoms with Gasteiger partial charge in [0.05, 0.1) is 12.1 Å². The van der Waals surface area contributed by atoms with Crippen LogP contribution in [0.25, 0.3) is 0 Å². The number of imide groups is 1. The molecule has 1 saturated carbocycles. The molecule has 4 nitrogen and oxygen atoms in total. The van der Waals surface area contributed by atoms with Crippen LogP contribution in [0, 0.1) is 5.92 Å². The molecule has 18 heavy (non-hydrogen) atoms. The molecule has 0 bridgehead atoms. The third-order valence-electron chi connectivity index (χ3n) is 4.46. The van der Waals surface area contributed by atoms with E-state index in [0.717, 1.165) is 12.8 Å². The Morgan fingerprint density at radius 3 is 2.50 bits per heavy atom. The quantitative estimate of drug-likeness (QED) is 0.706. The summed E-state index contributed by atoms with van der Waals surface area (Å²) in [5.74, 6) is 0.193. The second-order valence-corrected chi connectivity index (χ2v) is 5.44. The first-order valence-corrected chi connectivity index (χ1v) is 6.80. The van der Waals surface area contributed by atoms with Gasteiger partial charge in [-0.3, -0.25) is 9.69 Å². The van der Waals surface area contributed by atoms with Gasteiger partial charge in [-0.2, -0.15) is 0 Å². The molecule has 2 rings (SSSR count). The van der Waals surface area contributed by atoms with Gasteiger partial charge in [0.2, 0.25) is 0 Å². The Labute approximate surface area is 109 Å². The number of urea groups is 1. The van der Waals surface area contributed by atoms with Crippen LogP contribution in [0.3, 0.4) is 0 Å². The molecule has 0 unspecified atom stereocenters. The molecule has 0 aromatic carbocycles. The maximum atomic E-state index is 12.2. The fourth-order valence-electron chi connectivity index (χ4n) is 3.34. The Morgan fingerprint density at radius 2 is 1.94 bits per heavy atom. The first kappa shape index (κ1) is 13.1. The first-order valence-electron chi connectivity index (χ1n) is 6.80. The zero-order chi connectivity index (χ0) is 13.3. The van der Waals surface area contributed by atoms with Crippen LogP contribution in [0.2, 0.25) is 0 Å². The summed E-state index contributed by atoms with van der Waals surface area (Å²) in [7, 11) is 1.78. The van der Waals surface area contributed by atoms with E-state index in [1.54, 1.807) is 11.9 Å². The SMILES string of the molecule is C=CC(=O)N1C(=O)N(C)[C@@H](C)[C@H]1C1CCCCC1. The van der Waals surface area contributed by atoms with Crippen LogP contribution in [-0.2, 0) is 4.79 Å². The number of carbonyl (C=O) groups excluding carboxylic acids is 2. The molecule has 0 aromatic heterocycles. The minimum absolute atomic E-state index is 0.0216. The second-order valence-electron chi connectivity index (χ2n) is 5.44. The van der Waals surface area contributed by atoms with Crippen molar-refractivity contribution in [1.29, 1.82) is 0 Å². The van der Waals surface area contributed by atoms with E-state index in [0.29, 0.717) is 5.92 Å². The Hall–Kier alpha value is -1.32. The van der Waals surface area contributed by atoms with Crippen LogP contribution in [0.4, 0.5) is 4.79 Å². The summed E-state index contributed by atoms with van der Waals surface area (Å²) in [6.45, 7) is 5.54. The summed E-state index contributed by atoms with van der Waals surface area (Å²) in [5, 5.41) is 0. The Kier molecular flexibility index (Phi) is 3.73. The average Bonchev–Trinajstić information content (AvgIpc) is 2.63. The second kappa shape index (κ2) is 5.12. The molecule has 0 spiro atoms. The van der Waals surface area contributed by atoms with Crippen LogP contribution >= 0.6 is 0 Å². The van der Waals surface area contributed by atoms with Gasteiger partial charge in [-0.15, -0.1) is 0 Å². The lowest BCUT2D eigenvalue weighted by Gasteiger charge is -2.33. The van der Waals surface area contributed by atoms with Gasteiger partial charge in [0.15, 0.2) is 0 Å². The van der Waals surface area contributed by atoms with Crippen molar-refractivity contribution in [2.24, 2.45) is 5.92 Å². The van der Waals surface area contributed by atoms with E-state index in [1.807, 2.05) is 6.92 Å². The van der Waals surface area contributed by atoms with E-state index in [-0.39, 0.29) is 24.0 Å². The molecular formula is C14H22N2O2. The summed E-state index contributed by atoms with van der Waals surface area (Å²) >= 11 is 0. The lowest BCUT2D eigenvalue weighted by molar-refractivity contribution is -0.125. The summed E-state index contributed by atoms with van der Waals surface area (Å²) in [4.78, 5) is 27.2. The number of carbonyl (C=O) groups is 2. The van der Waals surface area contributed by atoms with Crippen LogP contribution in [0.1, 0.15) is 39.0 Å². The maximum Gasteiger partial charge on any atom is 0.327 e. The van der Waals surface area contributed by atoms with Crippen LogP contribution in [0.15, 0.2) is 12.7 Å². The van der Waals surface area contributed by atoms with Gasteiger partial charge < -0.3 is 4.90 Å². The van der Waals surface area contributed by atoms with Gasteiger partial charge in [0, 0.05) is 7.05 Å². The molecule has 2 fully saturated rings. The zero-order valence-corrected chi connectivity index (χ0v) is 11.3. The lowest BCUT2D eigenvalue weighted by atomic mass is 9.81. The maximum absolute atomic E-state index is 12.2.